The second-order valence-electron chi connectivity index (χ2n) is 5.84. The van der Waals surface area contributed by atoms with Crippen molar-refractivity contribution in [1.82, 2.24) is 5.32 Å². The normalized spacial score (nSPS) is 16.4. The summed E-state index contributed by atoms with van der Waals surface area (Å²) >= 11 is 0. The third kappa shape index (κ3) is 6.31. The number of carbonyl (C=O) groups is 2. The Hall–Kier alpha value is -3.05. The molecule has 0 aromatic heterocycles. The lowest BCUT2D eigenvalue weighted by atomic mass is 10.1. The van der Waals surface area contributed by atoms with Gasteiger partial charge in [0, 0.05) is 13.2 Å². The fraction of sp³-hybridized carbons (Fsp3) is 0.421. The Balaban J connectivity index is 2.11. The Morgan fingerprint density at radius 3 is 2.85 bits per heavy atom. The molecule has 1 aromatic carbocycles. The molecule has 2 N–H and O–H groups in total. The number of carboxylic acid groups (broad SMARTS) is 1. The van der Waals surface area contributed by atoms with E-state index < -0.39 is 18.5 Å². The fourth-order valence-electron chi connectivity index (χ4n) is 2.56. The molecule has 0 unspecified atom stereocenters. The fourth-order valence-corrected chi connectivity index (χ4v) is 2.56. The van der Waals surface area contributed by atoms with Crippen molar-refractivity contribution in [2.45, 2.75) is 25.9 Å². The lowest BCUT2D eigenvalue weighted by molar-refractivity contribution is -0.139. The molecule has 1 atom stereocenters. The highest BCUT2D eigenvalue weighted by Crippen LogP contribution is 2.29. The monoisotopic (exact) mass is 374 g/mol. The largest absolute Gasteiger partial charge is 0.490 e. The van der Waals surface area contributed by atoms with Gasteiger partial charge in [-0.3, -0.25) is 4.79 Å². The molecule has 1 saturated heterocycles. The van der Waals surface area contributed by atoms with E-state index in [4.69, 9.17) is 19.3 Å². The van der Waals surface area contributed by atoms with Crippen LogP contribution >= 0.6 is 0 Å². The predicted octanol–water partition coefficient (Wildman–Crippen LogP) is 1.75. The summed E-state index contributed by atoms with van der Waals surface area (Å²) in [6.07, 6.45) is 3.29. The van der Waals surface area contributed by atoms with Gasteiger partial charge in [-0.2, -0.15) is 5.26 Å². The maximum atomic E-state index is 12.2. The predicted molar refractivity (Wildman–Crippen MR) is 96.3 cm³/mol. The molecule has 0 spiro atoms. The molecule has 8 nitrogen and oxygen atoms in total. The highest BCUT2D eigenvalue weighted by molar-refractivity contribution is 6.01. The Morgan fingerprint density at radius 1 is 1.41 bits per heavy atom. The molecule has 1 aromatic rings. The van der Waals surface area contributed by atoms with Crippen LogP contribution in [0.15, 0.2) is 23.8 Å². The quantitative estimate of drug-likeness (QED) is 0.499. The molecule has 0 radical (unpaired) electrons. The van der Waals surface area contributed by atoms with Gasteiger partial charge in [-0.1, -0.05) is 6.07 Å². The van der Waals surface area contributed by atoms with Crippen LogP contribution in [0.4, 0.5) is 0 Å². The van der Waals surface area contributed by atoms with Gasteiger partial charge in [0.05, 0.1) is 12.7 Å². The summed E-state index contributed by atoms with van der Waals surface area (Å²) in [5.74, 6) is -0.962. The van der Waals surface area contributed by atoms with Crippen molar-refractivity contribution in [1.29, 1.82) is 5.26 Å². The molecule has 1 aliphatic rings. The molecule has 27 heavy (non-hydrogen) atoms. The zero-order chi connectivity index (χ0) is 19.6. The van der Waals surface area contributed by atoms with Crippen LogP contribution < -0.4 is 14.8 Å². The van der Waals surface area contributed by atoms with Gasteiger partial charge >= 0.3 is 5.97 Å². The number of carbonyl (C=O) groups excluding carboxylic acids is 1. The summed E-state index contributed by atoms with van der Waals surface area (Å²) < 4.78 is 16.1. The number of carboxylic acids is 1. The molecule has 1 fully saturated rings. The minimum absolute atomic E-state index is 0.0101. The van der Waals surface area contributed by atoms with E-state index in [-0.39, 0.29) is 17.4 Å². The van der Waals surface area contributed by atoms with E-state index in [0.29, 0.717) is 31.1 Å². The number of nitriles is 1. The van der Waals surface area contributed by atoms with Crippen LogP contribution in [0.25, 0.3) is 6.08 Å². The number of hydrogen-bond acceptors (Lipinski definition) is 6. The number of rotatable bonds is 9. The summed E-state index contributed by atoms with van der Waals surface area (Å²) in [5.41, 5.74) is 0.514. The van der Waals surface area contributed by atoms with Crippen LogP contribution in [0.1, 0.15) is 25.3 Å². The lowest BCUT2D eigenvalue weighted by Gasteiger charge is -2.12. The van der Waals surface area contributed by atoms with Gasteiger partial charge in [-0.05, 0) is 43.5 Å². The number of amides is 1. The highest BCUT2D eigenvalue weighted by atomic mass is 16.5. The molecule has 1 amide bonds. The summed E-state index contributed by atoms with van der Waals surface area (Å²) in [6, 6.07) is 6.64. The molecule has 2 rings (SSSR count). The van der Waals surface area contributed by atoms with Crippen LogP contribution in [0.5, 0.6) is 11.5 Å². The van der Waals surface area contributed by atoms with Crippen molar-refractivity contribution in [2.75, 3.05) is 26.4 Å². The van der Waals surface area contributed by atoms with E-state index in [9.17, 15) is 14.9 Å². The summed E-state index contributed by atoms with van der Waals surface area (Å²) in [4.78, 5) is 22.9. The maximum Gasteiger partial charge on any atom is 0.341 e. The SMILES string of the molecule is CCOc1cc(/C=C(\C#N)C(=O)NC[C@H]2CCCO2)ccc1OCC(=O)O. The van der Waals surface area contributed by atoms with Gasteiger partial charge in [0.25, 0.3) is 5.91 Å². The van der Waals surface area contributed by atoms with Crippen molar-refractivity contribution in [2.24, 2.45) is 0 Å². The van der Waals surface area contributed by atoms with E-state index in [1.807, 2.05) is 6.07 Å². The van der Waals surface area contributed by atoms with E-state index in [2.05, 4.69) is 5.32 Å². The molecule has 1 aliphatic heterocycles. The van der Waals surface area contributed by atoms with Gasteiger partial charge < -0.3 is 24.6 Å². The minimum Gasteiger partial charge on any atom is -0.490 e. The van der Waals surface area contributed by atoms with Gasteiger partial charge in [-0.15, -0.1) is 0 Å². The molecule has 0 saturated carbocycles. The number of hydrogen-bond donors (Lipinski definition) is 2. The smallest absolute Gasteiger partial charge is 0.341 e. The lowest BCUT2D eigenvalue weighted by Crippen LogP contribution is -2.32. The number of nitrogens with one attached hydrogen (secondary N) is 1. The van der Waals surface area contributed by atoms with E-state index in [1.54, 1.807) is 25.1 Å². The van der Waals surface area contributed by atoms with Crippen LogP contribution in [-0.2, 0) is 14.3 Å². The molecule has 144 valence electrons. The first-order valence-corrected chi connectivity index (χ1v) is 8.66. The number of ether oxygens (including phenoxy) is 3. The zero-order valence-electron chi connectivity index (χ0n) is 15.1. The van der Waals surface area contributed by atoms with Crippen LogP contribution in [0, 0.1) is 11.3 Å². The first kappa shape index (κ1) is 20.3. The second-order valence-corrected chi connectivity index (χ2v) is 5.84. The molecular weight excluding hydrogens is 352 g/mol. The van der Waals surface area contributed by atoms with Crippen LogP contribution in [0.3, 0.4) is 0 Å². The zero-order valence-corrected chi connectivity index (χ0v) is 15.1. The van der Waals surface area contributed by atoms with Gasteiger partial charge in [-0.25, -0.2) is 4.79 Å². The third-order valence-electron chi connectivity index (χ3n) is 3.81. The van der Waals surface area contributed by atoms with Crippen LogP contribution in [-0.4, -0.2) is 49.5 Å². The molecule has 1 heterocycles. The maximum absolute atomic E-state index is 12.2. The Kier molecular flexibility index (Phi) is 7.64. The van der Waals surface area contributed by atoms with Crippen molar-refractivity contribution in [3.05, 3.63) is 29.3 Å². The van der Waals surface area contributed by atoms with Gasteiger partial charge in [0.15, 0.2) is 18.1 Å². The molecule has 8 heteroatoms. The molecule has 0 bridgehead atoms. The Morgan fingerprint density at radius 2 is 2.22 bits per heavy atom. The summed E-state index contributed by atoms with van der Waals surface area (Å²) in [6.45, 7) is 2.69. The number of nitrogens with zero attached hydrogens (tertiary/aromatic N) is 1. The summed E-state index contributed by atoms with van der Waals surface area (Å²) in [5, 5.41) is 20.7. The van der Waals surface area contributed by atoms with E-state index in [0.717, 1.165) is 12.8 Å². The summed E-state index contributed by atoms with van der Waals surface area (Å²) in [7, 11) is 0. The van der Waals surface area contributed by atoms with E-state index in [1.165, 1.54) is 6.08 Å². The molecule has 0 aliphatic carbocycles. The van der Waals surface area contributed by atoms with Gasteiger partial charge in [0.1, 0.15) is 11.6 Å². The second kappa shape index (κ2) is 10.2. The third-order valence-corrected chi connectivity index (χ3v) is 3.81. The molecular formula is C19H22N2O6. The first-order valence-electron chi connectivity index (χ1n) is 8.66. The van der Waals surface area contributed by atoms with E-state index >= 15 is 0 Å². The van der Waals surface area contributed by atoms with Crippen molar-refractivity contribution in [3.63, 3.8) is 0 Å². The minimum atomic E-state index is -1.10. The number of aliphatic carboxylic acids is 1. The van der Waals surface area contributed by atoms with Crippen molar-refractivity contribution < 1.29 is 28.9 Å². The topological polar surface area (TPSA) is 118 Å². The Bertz CT molecular complexity index is 747. The average molecular weight is 374 g/mol. The highest BCUT2D eigenvalue weighted by Gasteiger charge is 2.18. The standard InChI is InChI=1S/C19H22N2O6/c1-2-25-17-9-13(5-6-16(17)27-12-18(22)23)8-14(10-20)19(24)21-11-15-4-3-7-26-15/h5-6,8-9,15H,2-4,7,11-12H2,1H3,(H,21,24)(H,22,23)/b14-8+/t15-/m1/s1. The number of benzene rings is 1. The van der Waals surface area contributed by atoms with Crippen molar-refractivity contribution in [3.8, 4) is 17.6 Å². The first-order chi connectivity index (χ1) is 13.0. The Labute approximate surface area is 157 Å². The van der Waals surface area contributed by atoms with Gasteiger partial charge in [0.2, 0.25) is 0 Å². The van der Waals surface area contributed by atoms with Crippen molar-refractivity contribution >= 4 is 18.0 Å². The average Bonchev–Trinajstić information content (AvgIpc) is 3.17. The van der Waals surface area contributed by atoms with Crippen LogP contribution in [0.2, 0.25) is 0 Å².